The average Bonchev–Trinajstić information content (AvgIpc) is 3.31. The molecule has 0 radical (unpaired) electrons. The highest BCUT2D eigenvalue weighted by Crippen LogP contribution is 2.34. The quantitative estimate of drug-likeness (QED) is 0.139. The molecule has 4 unspecified atom stereocenters. The number of hydrogen-bond donors (Lipinski definition) is 0. The van der Waals surface area contributed by atoms with Gasteiger partial charge in [-0.15, -0.1) is 0 Å². The van der Waals surface area contributed by atoms with Gasteiger partial charge in [0.2, 0.25) is 0 Å². The fourth-order valence-electron chi connectivity index (χ4n) is 6.59. The van der Waals surface area contributed by atoms with E-state index in [2.05, 4.69) is 39.3 Å². The van der Waals surface area contributed by atoms with Crippen molar-refractivity contribution >= 4 is 25.2 Å². The molecule has 4 fully saturated rings. The molecule has 0 N–H and O–H groups in total. The second-order valence-electron chi connectivity index (χ2n) is 14.3. The molecule has 2 spiro atoms. The van der Waals surface area contributed by atoms with E-state index in [-0.39, 0.29) is 12.2 Å². The van der Waals surface area contributed by atoms with Crippen LogP contribution in [-0.2, 0) is 46.1 Å². The molecule has 10 nitrogen and oxygen atoms in total. The first kappa shape index (κ1) is 36.1. The van der Waals surface area contributed by atoms with Gasteiger partial charge in [-0.2, -0.15) is 0 Å². The van der Waals surface area contributed by atoms with Gasteiger partial charge in [0, 0.05) is 26.1 Å². The van der Waals surface area contributed by atoms with E-state index < -0.39 is 37.1 Å². The van der Waals surface area contributed by atoms with Crippen LogP contribution in [0.25, 0.3) is 0 Å². The zero-order valence-electron chi connectivity index (χ0n) is 27.9. The third-order valence-electron chi connectivity index (χ3n) is 8.36. The lowest BCUT2D eigenvalue weighted by atomic mass is 10.2. The van der Waals surface area contributed by atoms with Crippen LogP contribution in [0.4, 0.5) is 0 Å². The smallest absolute Gasteiger partial charge is 0.311 e. The van der Waals surface area contributed by atoms with Crippen molar-refractivity contribution in [2.75, 3.05) is 52.9 Å². The van der Waals surface area contributed by atoms with E-state index in [0.29, 0.717) is 52.9 Å². The lowest BCUT2D eigenvalue weighted by Gasteiger charge is -2.38. The summed E-state index contributed by atoms with van der Waals surface area (Å²) in [5.41, 5.74) is 0. The second kappa shape index (κ2) is 16.4. The maximum atomic E-state index is 6.79. The van der Waals surface area contributed by atoms with E-state index in [0.717, 1.165) is 63.5 Å². The lowest BCUT2D eigenvalue weighted by molar-refractivity contribution is -0.338. The molecule has 0 saturated carbocycles. The van der Waals surface area contributed by atoms with Crippen LogP contribution >= 0.6 is 0 Å². The van der Waals surface area contributed by atoms with Gasteiger partial charge in [-0.05, 0) is 89.9 Å². The molecule has 13 heteroatoms. The van der Waals surface area contributed by atoms with Crippen LogP contribution in [-0.4, -0.2) is 102 Å². The van der Waals surface area contributed by atoms with Crippen LogP contribution in [0.2, 0.25) is 51.4 Å². The Balaban J connectivity index is 1.05. The molecule has 4 aliphatic rings. The van der Waals surface area contributed by atoms with Gasteiger partial charge in [-0.1, -0.05) is 12.8 Å². The van der Waals surface area contributed by atoms with E-state index in [1.165, 1.54) is 12.8 Å². The number of rotatable bonds is 16. The first-order chi connectivity index (χ1) is 20.4. The second-order valence-corrected chi connectivity index (χ2v) is 26.7. The van der Waals surface area contributed by atoms with E-state index >= 15 is 0 Å². The molecule has 4 atom stereocenters. The van der Waals surface area contributed by atoms with Crippen molar-refractivity contribution in [3.8, 4) is 0 Å². The highest BCUT2D eigenvalue weighted by atomic mass is 28.5. The van der Waals surface area contributed by atoms with Gasteiger partial charge in [0.15, 0.2) is 16.6 Å². The van der Waals surface area contributed by atoms with Crippen LogP contribution < -0.4 is 0 Å². The molecule has 0 aromatic rings. The fourth-order valence-corrected chi connectivity index (χ4v) is 20.6. The molecule has 0 aromatic heterocycles. The summed E-state index contributed by atoms with van der Waals surface area (Å²) < 4.78 is 61.3. The molecule has 4 aliphatic heterocycles. The van der Waals surface area contributed by atoms with Gasteiger partial charge in [0.05, 0.1) is 39.6 Å². The van der Waals surface area contributed by atoms with Gasteiger partial charge >= 0.3 is 8.56 Å². The summed E-state index contributed by atoms with van der Waals surface area (Å²) in [4.78, 5) is 0. The molecular formula is C30H60O10Si3. The summed E-state index contributed by atoms with van der Waals surface area (Å²) in [5.74, 6) is -1.66. The fraction of sp³-hybridized carbons (Fsp3) is 1.00. The Morgan fingerprint density at radius 3 is 1.47 bits per heavy atom. The molecular weight excluding hydrogens is 605 g/mol. The standard InChI is InChI=1S/C30H60O10Si3/c1-41(2,21-13-17-31-23-27-25-35-29(37-27)15-9-7-11-19-33-29)39-43(5,6)40-42(3,4)22-14-18-32-24-28-26-36-30(38-28)16-10-8-12-20-34-30/h27-28H,7-26H2,1-6H3. The zero-order valence-corrected chi connectivity index (χ0v) is 30.9. The highest BCUT2D eigenvalue weighted by molar-refractivity contribution is 6.87. The lowest BCUT2D eigenvalue weighted by Crippen LogP contribution is -2.52. The molecule has 0 amide bonds. The highest BCUT2D eigenvalue weighted by Gasteiger charge is 2.45. The summed E-state index contributed by atoms with van der Waals surface area (Å²) in [6.45, 7) is 18.5. The Morgan fingerprint density at radius 1 is 0.581 bits per heavy atom. The van der Waals surface area contributed by atoms with Crippen molar-refractivity contribution in [2.24, 2.45) is 0 Å². The summed E-state index contributed by atoms with van der Waals surface area (Å²) >= 11 is 0. The number of hydrogen-bond acceptors (Lipinski definition) is 10. The Kier molecular flexibility index (Phi) is 13.7. The van der Waals surface area contributed by atoms with Crippen LogP contribution in [0.3, 0.4) is 0 Å². The zero-order chi connectivity index (χ0) is 30.9. The molecule has 0 aliphatic carbocycles. The van der Waals surface area contributed by atoms with Crippen LogP contribution in [0.5, 0.6) is 0 Å². The third kappa shape index (κ3) is 12.4. The monoisotopic (exact) mass is 664 g/mol. The Labute approximate surface area is 263 Å². The van der Waals surface area contributed by atoms with Gasteiger partial charge < -0.3 is 46.1 Å². The van der Waals surface area contributed by atoms with Crippen molar-refractivity contribution in [3.05, 3.63) is 0 Å². The van der Waals surface area contributed by atoms with E-state index in [9.17, 15) is 0 Å². The molecule has 4 rings (SSSR count). The Hall–Kier alpha value is 0.251. The van der Waals surface area contributed by atoms with Gasteiger partial charge in [-0.25, -0.2) is 0 Å². The first-order valence-electron chi connectivity index (χ1n) is 16.9. The molecule has 0 aromatic carbocycles. The summed E-state index contributed by atoms with van der Waals surface area (Å²) in [7, 11) is -6.06. The van der Waals surface area contributed by atoms with Gasteiger partial charge in [0.1, 0.15) is 12.2 Å². The average molecular weight is 665 g/mol. The predicted octanol–water partition coefficient (Wildman–Crippen LogP) is 6.26. The van der Waals surface area contributed by atoms with E-state index in [1.54, 1.807) is 0 Å². The van der Waals surface area contributed by atoms with Crippen molar-refractivity contribution < 1.29 is 46.1 Å². The van der Waals surface area contributed by atoms with Crippen LogP contribution in [0, 0.1) is 0 Å². The predicted molar refractivity (Wildman–Crippen MR) is 171 cm³/mol. The maximum absolute atomic E-state index is 6.79. The SMILES string of the molecule is C[Si](C)(CCCOCC1COC2(CCCCCO2)O1)O[Si](C)(C)O[Si](C)(C)CCCOCC1COC2(CCCCCO2)O1. The first-order valence-corrected chi connectivity index (χ1v) is 25.9. The third-order valence-corrected chi connectivity index (χ3v) is 19.8. The normalized spacial score (nSPS) is 31.1. The van der Waals surface area contributed by atoms with Crippen molar-refractivity contribution in [1.82, 2.24) is 0 Å². The van der Waals surface area contributed by atoms with Crippen LogP contribution in [0.1, 0.15) is 64.2 Å². The number of ether oxygens (including phenoxy) is 8. The summed E-state index contributed by atoms with van der Waals surface area (Å²) in [6.07, 6.45) is 10.1. The molecule has 43 heavy (non-hydrogen) atoms. The maximum Gasteiger partial charge on any atom is 0.311 e. The van der Waals surface area contributed by atoms with Gasteiger partial charge in [0.25, 0.3) is 11.9 Å². The summed E-state index contributed by atoms with van der Waals surface area (Å²) in [5, 5.41) is 0. The minimum atomic E-state index is -2.27. The largest absolute Gasteiger partial charge is 0.437 e. The topological polar surface area (TPSA) is 92.3 Å². The summed E-state index contributed by atoms with van der Waals surface area (Å²) in [6, 6.07) is 2.08. The Morgan fingerprint density at radius 2 is 1.02 bits per heavy atom. The Bertz CT molecular complexity index is 750. The minimum absolute atomic E-state index is 0.0603. The van der Waals surface area contributed by atoms with E-state index in [1.807, 2.05) is 0 Å². The minimum Gasteiger partial charge on any atom is -0.437 e. The molecule has 252 valence electrons. The molecule has 4 heterocycles. The van der Waals surface area contributed by atoms with Crippen LogP contribution in [0.15, 0.2) is 0 Å². The van der Waals surface area contributed by atoms with Crippen molar-refractivity contribution in [3.63, 3.8) is 0 Å². The van der Waals surface area contributed by atoms with Gasteiger partial charge in [-0.3, -0.25) is 0 Å². The molecule has 4 saturated heterocycles. The molecule has 0 bridgehead atoms. The van der Waals surface area contributed by atoms with Crippen molar-refractivity contribution in [2.45, 2.75) is 140 Å². The van der Waals surface area contributed by atoms with Crippen molar-refractivity contribution in [1.29, 1.82) is 0 Å². The van der Waals surface area contributed by atoms with E-state index in [4.69, 9.17) is 46.1 Å².